The molecule has 0 bridgehead atoms. The van der Waals surface area contributed by atoms with E-state index >= 15 is 0 Å². The molecule has 0 saturated carbocycles. The molecule has 23 nitrogen and oxygen atoms in total. The van der Waals surface area contributed by atoms with Crippen LogP contribution < -0.4 is 26.0 Å². The molecular formula is C59H74N6O17. The second-order valence-corrected chi connectivity index (χ2v) is 21.6. The van der Waals surface area contributed by atoms with Gasteiger partial charge in [-0.25, -0.2) is 0 Å². The molecule has 15 atom stereocenters. The van der Waals surface area contributed by atoms with Gasteiger partial charge < -0.3 is 81.8 Å². The van der Waals surface area contributed by atoms with Gasteiger partial charge in [-0.05, 0) is 78.8 Å². The van der Waals surface area contributed by atoms with E-state index in [1.807, 2.05) is 48.5 Å². The number of amides is 6. The number of aliphatic hydroxyl groups is 8. The van der Waals surface area contributed by atoms with Crippen molar-refractivity contribution < 1.29 is 84.3 Å². The Morgan fingerprint density at radius 1 is 0.622 bits per heavy atom. The average molecular weight is 1140 g/mol. The Kier molecular flexibility index (Phi) is 21.0. The van der Waals surface area contributed by atoms with Crippen molar-refractivity contribution in [3.05, 3.63) is 108 Å². The molecule has 3 aliphatic heterocycles. The third kappa shape index (κ3) is 14.8. The van der Waals surface area contributed by atoms with Crippen LogP contribution in [0.1, 0.15) is 88.2 Å². The summed E-state index contributed by atoms with van der Waals surface area (Å²) in [6.07, 6.45) is -14.0. The molecule has 13 N–H and O–H groups in total. The molecule has 0 aliphatic carbocycles. The van der Waals surface area contributed by atoms with Crippen LogP contribution in [0.5, 0.6) is 11.5 Å². The lowest BCUT2D eigenvalue weighted by Gasteiger charge is -2.34. The van der Waals surface area contributed by atoms with Gasteiger partial charge in [0.15, 0.2) is 12.0 Å². The van der Waals surface area contributed by atoms with E-state index in [0.717, 1.165) is 83.0 Å². The molecule has 23 heteroatoms. The fourth-order valence-electron chi connectivity index (χ4n) is 10.5. The average Bonchev–Trinajstić information content (AvgIpc) is 4.06. The van der Waals surface area contributed by atoms with E-state index in [-0.39, 0.29) is 23.4 Å². The van der Waals surface area contributed by atoms with Gasteiger partial charge in [0.2, 0.25) is 35.4 Å². The number of hydrogen-bond donors (Lipinski definition) is 13. The lowest BCUT2D eigenvalue weighted by Crippen LogP contribution is -2.64. The van der Waals surface area contributed by atoms with Crippen molar-refractivity contribution in [3.63, 3.8) is 0 Å². The molecular weight excluding hydrogens is 1060 g/mol. The molecule has 442 valence electrons. The third-order valence-corrected chi connectivity index (χ3v) is 15.3. The molecule has 3 fully saturated rings. The topological polar surface area (TPSA) is 365 Å². The second-order valence-electron chi connectivity index (χ2n) is 21.6. The number of nitrogens with zero attached hydrogens (tertiary/aromatic N) is 2. The molecule has 3 aliphatic rings. The molecule has 0 radical (unpaired) electrons. The second kappa shape index (κ2) is 27.6. The molecule has 7 rings (SSSR count). The van der Waals surface area contributed by atoms with Gasteiger partial charge in [0, 0.05) is 43.3 Å². The first-order chi connectivity index (χ1) is 39.0. The number of ether oxygens (including phenoxy) is 1. The van der Waals surface area contributed by atoms with E-state index < -0.39 is 158 Å². The fourth-order valence-corrected chi connectivity index (χ4v) is 10.5. The number of phenols is 1. The smallest absolute Gasteiger partial charge is 0.248 e. The molecule has 4 aromatic carbocycles. The molecule has 6 amide bonds. The zero-order valence-corrected chi connectivity index (χ0v) is 45.9. The lowest BCUT2D eigenvalue weighted by atomic mass is 9.90. The molecule has 4 aromatic rings. The summed E-state index contributed by atoms with van der Waals surface area (Å²) in [6, 6.07) is 17.0. The Morgan fingerprint density at radius 2 is 1.15 bits per heavy atom. The minimum Gasteiger partial charge on any atom is -0.508 e. The van der Waals surface area contributed by atoms with Crippen LogP contribution in [0.15, 0.2) is 97.1 Å². The van der Waals surface area contributed by atoms with Crippen LogP contribution in [0.4, 0.5) is 0 Å². The van der Waals surface area contributed by atoms with Crippen molar-refractivity contribution in [1.82, 2.24) is 31.1 Å². The van der Waals surface area contributed by atoms with E-state index in [4.69, 9.17) is 4.74 Å². The largest absolute Gasteiger partial charge is 0.508 e. The third-order valence-electron chi connectivity index (χ3n) is 15.3. The number of hydrogen-bond acceptors (Lipinski definition) is 17. The quantitative estimate of drug-likeness (QED) is 0.0557. The number of aromatic hydroxyl groups is 1. The SMILES string of the molecule is CCCCCOc1ccc(-c2ccc(-c3ccc(C(=O)C[C@H]4C[C@@H](O)[C@@H](O)NC(=O)[C@@H]5[C@@H](O)[C@@H](C)CN5C(=O)[C@H]([C@@H](C)O)NC(=O)[C@H]([C@H](O)[C@@H](O)c5ccc(O)cc5)NC(=O)[C@@H]5C[C@@H](O)CN5C(=O)[C@H]([C@@H](C)O)NC4=O)cc3)cc2)cc1. The van der Waals surface area contributed by atoms with Gasteiger partial charge in [0.25, 0.3) is 0 Å². The number of nitrogens with one attached hydrogen (secondary N) is 4. The lowest BCUT2D eigenvalue weighted by molar-refractivity contribution is -0.148. The molecule has 0 spiro atoms. The molecule has 3 heterocycles. The van der Waals surface area contributed by atoms with E-state index in [0.29, 0.717) is 6.61 Å². The number of carbonyl (C=O) groups is 7. The van der Waals surface area contributed by atoms with Gasteiger partial charge >= 0.3 is 0 Å². The normalized spacial score (nSPS) is 27.6. The molecule has 0 unspecified atom stereocenters. The number of carbonyl (C=O) groups excluding carboxylic acids is 7. The highest BCUT2D eigenvalue weighted by Gasteiger charge is 2.50. The van der Waals surface area contributed by atoms with Gasteiger partial charge in [0.05, 0.1) is 37.1 Å². The molecule has 82 heavy (non-hydrogen) atoms. The summed E-state index contributed by atoms with van der Waals surface area (Å²) < 4.78 is 5.84. The number of phenolic OH excluding ortho intramolecular Hbond substituents is 1. The predicted molar refractivity (Wildman–Crippen MR) is 295 cm³/mol. The van der Waals surface area contributed by atoms with Crippen LogP contribution in [0, 0.1) is 11.8 Å². The van der Waals surface area contributed by atoms with Crippen molar-refractivity contribution in [2.75, 3.05) is 19.7 Å². The molecule has 0 aromatic heterocycles. The molecule has 3 saturated heterocycles. The summed E-state index contributed by atoms with van der Waals surface area (Å²) >= 11 is 0. The van der Waals surface area contributed by atoms with Crippen molar-refractivity contribution in [2.24, 2.45) is 11.8 Å². The summed E-state index contributed by atoms with van der Waals surface area (Å²) in [4.78, 5) is 102. The van der Waals surface area contributed by atoms with Crippen LogP contribution >= 0.6 is 0 Å². The van der Waals surface area contributed by atoms with Gasteiger partial charge in [0.1, 0.15) is 53.9 Å². The van der Waals surface area contributed by atoms with E-state index in [1.54, 1.807) is 12.1 Å². The number of unbranched alkanes of at least 4 members (excludes halogenated alkanes) is 2. The first-order valence-corrected chi connectivity index (χ1v) is 27.5. The standard InChI is InChI=1S/C59H74N6O17/c1-5-6-7-24-82-42-22-18-36(19-23-42)34-10-8-33(9-11-34)35-12-14-37(15-13-35)44(70)25-39-26-45(71)55(77)63-57(79)49-50(72)30(2)28-65(49)59(81)47(32(4)67)61-56(78)48(52(74)51(73)38-16-20-40(68)21-17-38)62-54(76)43-27-41(69)29-64(43)58(80)46(31(3)66)60-53(39)75/h8-23,30-32,39,41,43,45-52,55,66-69,71-74,77H,5-7,24-29H2,1-4H3,(H,60,75)(H,61,78)(H,62,76)(H,63,79)/t30-,31+,32+,39-,41+,43-,45+,46-,47-,48-,49-,50-,51-,52-,55+/m0/s1. The Balaban J connectivity index is 1.18. The maximum Gasteiger partial charge on any atom is 0.248 e. The highest BCUT2D eigenvalue weighted by atomic mass is 16.5. The summed E-state index contributed by atoms with van der Waals surface area (Å²) in [6.45, 7) is 5.53. The van der Waals surface area contributed by atoms with Crippen LogP contribution in [0.2, 0.25) is 0 Å². The van der Waals surface area contributed by atoms with Crippen LogP contribution in [-0.2, 0) is 28.8 Å². The number of benzene rings is 4. The maximum atomic E-state index is 14.5. The summed E-state index contributed by atoms with van der Waals surface area (Å²) in [5, 5.41) is 109. The Labute approximate surface area is 473 Å². The number of fused-ring (bicyclic) bond motifs is 2. The van der Waals surface area contributed by atoms with Crippen LogP contribution in [-0.4, -0.2) is 190 Å². The van der Waals surface area contributed by atoms with Crippen molar-refractivity contribution in [1.29, 1.82) is 0 Å². The monoisotopic (exact) mass is 1140 g/mol. The minimum atomic E-state index is -2.29. The van der Waals surface area contributed by atoms with Gasteiger partial charge in [-0.3, -0.25) is 33.6 Å². The summed E-state index contributed by atoms with van der Waals surface area (Å²) in [5.74, 6) is -9.85. The first kappa shape index (κ1) is 62.3. The minimum absolute atomic E-state index is 0.0694. The predicted octanol–water partition coefficient (Wildman–Crippen LogP) is 0.164. The highest BCUT2D eigenvalue weighted by Crippen LogP contribution is 2.31. The van der Waals surface area contributed by atoms with Crippen molar-refractivity contribution >= 4 is 41.2 Å². The van der Waals surface area contributed by atoms with E-state index in [1.165, 1.54) is 31.2 Å². The highest BCUT2D eigenvalue weighted by molar-refractivity contribution is 6.01. The fraction of sp³-hybridized carbons (Fsp3) is 0.475. The van der Waals surface area contributed by atoms with Gasteiger partial charge in [-0.15, -0.1) is 0 Å². The number of aliphatic hydroxyl groups excluding tert-OH is 8. The Morgan fingerprint density at radius 3 is 1.71 bits per heavy atom. The van der Waals surface area contributed by atoms with Crippen molar-refractivity contribution in [3.8, 4) is 33.8 Å². The Hall–Kier alpha value is -7.35. The number of Topliss-reactive ketones (excluding diaryl/α,β-unsaturated/α-hetero) is 1. The maximum absolute atomic E-state index is 14.5. The van der Waals surface area contributed by atoms with Gasteiger partial charge in [-0.2, -0.15) is 0 Å². The van der Waals surface area contributed by atoms with Gasteiger partial charge in [-0.1, -0.05) is 99.5 Å². The van der Waals surface area contributed by atoms with E-state index in [2.05, 4.69) is 28.2 Å². The van der Waals surface area contributed by atoms with Crippen LogP contribution in [0.25, 0.3) is 22.3 Å². The zero-order valence-electron chi connectivity index (χ0n) is 45.9. The van der Waals surface area contributed by atoms with E-state index in [9.17, 15) is 79.5 Å². The number of rotatable bonds is 15. The zero-order chi connectivity index (χ0) is 59.7. The Bertz CT molecular complexity index is 2870. The summed E-state index contributed by atoms with van der Waals surface area (Å²) in [5.41, 5.74) is 3.56. The number of ketones is 1. The summed E-state index contributed by atoms with van der Waals surface area (Å²) in [7, 11) is 0. The van der Waals surface area contributed by atoms with Crippen LogP contribution in [0.3, 0.4) is 0 Å². The van der Waals surface area contributed by atoms with Crippen molar-refractivity contribution in [2.45, 2.75) is 145 Å². The first-order valence-electron chi connectivity index (χ1n) is 27.5.